The van der Waals surface area contributed by atoms with Crippen molar-refractivity contribution in [2.75, 3.05) is 7.11 Å². The van der Waals surface area contributed by atoms with Crippen molar-refractivity contribution >= 4 is 15.9 Å². The van der Waals surface area contributed by atoms with Crippen LogP contribution in [0.5, 0.6) is 11.5 Å². The largest absolute Gasteiger partial charge is 0.497 e. The highest BCUT2D eigenvalue weighted by Gasteiger charge is 2.30. The van der Waals surface area contributed by atoms with Crippen molar-refractivity contribution in [3.63, 3.8) is 0 Å². The third-order valence-electron chi connectivity index (χ3n) is 3.59. The van der Waals surface area contributed by atoms with Crippen LogP contribution in [0.1, 0.15) is 29.8 Å². The van der Waals surface area contributed by atoms with Crippen molar-refractivity contribution in [2.24, 2.45) is 0 Å². The molecule has 0 aliphatic carbocycles. The molecule has 0 radical (unpaired) electrons. The number of rotatable bonds is 2. The highest BCUT2D eigenvalue weighted by Crippen LogP contribution is 2.43. The van der Waals surface area contributed by atoms with Crippen LogP contribution in [-0.4, -0.2) is 12.2 Å². The average molecular weight is 353 g/mol. The van der Waals surface area contributed by atoms with Gasteiger partial charge in [0.1, 0.15) is 23.4 Å². The van der Waals surface area contributed by atoms with Crippen LogP contribution in [0.15, 0.2) is 40.9 Å². The summed E-state index contributed by atoms with van der Waals surface area (Å²) in [4.78, 5) is 0. The molecule has 0 bridgehead atoms. The maximum Gasteiger partial charge on any atom is 0.130 e. The Morgan fingerprint density at radius 2 is 2.05 bits per heavy atom. The summed E-state index contributed by atoms with van der Waals surface area (Å²) >= 11 is 3.33. The molecule has 0 aromatic heterocycles. The highest BCUT2D eigenvalue weighted by molar-refractivity contribution is 9.10. The molecule has 1 N–H and O–H groups in total. The minimum Gasteiger partial charge on any atom is -0.497 e. The number of ether oxygens (including phenoxy) is 2. The van der Waals surface area contributed by atoms with E-state index in [2.05, 4.69) is 15.9 Å². The van der Waals surface area contributed by atoms with Crippen molar-refractivity contribution in [3.05, 3.63) is 57.8 Å². The second-order valence-corrected chi connectivity index (χ2v) is 5.84. The van der Waals surface area contributed by atoms with Gasteiger partial charge in [-0.2, -0.15) is 0 Å². The molecular weight excluding hydrogens is 339 g/mol. The van der Waals surface area contributed by atoms with E-state index in [0.29, 0.717) is 29.0 Å². The molecule has 3 nitrogen and oxygen atoms in total. The number of hydrogen-bond donors (Lipinski definition) is 1. The SMILES string of the molecule is COc1ccc2c(c1)[C@H](O)CC(c1cc(Br)ccc1F)O2. The van der Waals surface area contributed by atoms with E-state index < -0.39 is 12.2 Å². The lowest BCUT2D eigenvalue weighted by Crippen LogP contribution is -2.20. The summed E-state index contributed by atoms with van der Waals surface area (Å²) < 4.78 is 25.7. The molecule has 1 aliphatic heterocycles. The number of benzene rings is 2. The summed E-state index contributed by atoms with van der Waals surface area (Å²) in [5.74, 6) is 0.870. The molecule has 0 spiro atoms. The summed E-state index contributed by atoms with van der Waals surface area (Å²) in [6, 6.07) is 9.94. The number of halogens is 2. The van der Waals surface area contributed by atoms with Crippen LogP contribution in [0.4, 0.5) is 4.39 Å². The van der Waals surface area contributed by atoms with Crippen LogP contribution in [-0.2, 0) is 0 Å². The van der Waals surface area contributed by atoms with Crippen LogP contribution in [0.25, 0.3) is 0 Å². The number of hydrogen-bond acceptors (Lipinski definition) is 3. The third kappa shape index (κ3) is 2.76. The van der Waals surface area contributed by atoms with Crippen molar-refractivity contribution < 1.29 is 19.0 Å². The second kappa shape index (κ2) is 5.66. The van der Waals surface area contributed by atoms with Gasteiger partial charge in [0.05, 0.1) is 13.2 Å². The van der Waals surface area contributed by atoms with Crippen LogP contribution >= 0.6 is 15.9 Å². The highest BCUT2D eigenvalue weighted by atomic mass is 79.9. The zero-order chi connectivity index (χ0) is 15.0. The number of fused-ring (bicyclic) bond motifs is 1. The minimum absolute atomic E-state index is 0.299. The summed E-state index contributed by atoms with van der Waals surface area (Å²) in [6.45, 7) is 0. The molecule has 3 rings (SSSR count). The zero-order valence-corrected chi connectivity index (χ0v) is 12.9. The molecular formula is C16H14BrFO3. The van der Waals surface area contributed by atoms with Gasteiger partial charge in [-0.25, -0.2) is 4.39 Å². The molecule has 21 heavy (non-hydrogen) atoms. The second-order valence-electron chi connectivity index (χ2n) is 4.93. The minimum atomic E-state index is -0.716. The summed E-state index contributed by atoms with van der Waals surface area (Å²) in [7, 11) is 1.57. The fourth-order valence-corrected chi connectivity index (χ4v) is 2.88. The van der Waals surface area contributed by atoms with Crippen molar-refractivity contribution in [3.8, 4) is 11.5 Å². The summed E-state index contributed by atoms with van der Waals surface area (Å²) in [5.41, 5.74) is 1.10. The van der Waals surface area contributed by atoms with Crippen molar-refractivity contribution in [2.45, 2.75) is 18.6 Å². The van der Waals surface area contributed by atoms with Crippen molar-refractivity contribution in [1.29, 1.82) is 0 Å². The first-order valence-electron chi connectivity index (χ1n) is 6.56. The number of aliphatic hydroxyl groups excluding tert-OH is 1. The Bertz CT molecular complexity index is 675. The smallest absolute Gasteiger partial charge is 0.130 e. The first-order valence-corrected chi connectivity index (χ1v) is 7.35. The van der Waals surface area contributed by atoms with E-state index in [1.54, 1.807) is 37.4 Å². The molecule has 2 aromatic carbocycles. The van der Waals surface area contributed by atoms with Crippen molar-refractivity contribution in [1.82, 2.24) is 0 Å². The van der Waals surface area contributed by atoms with E-state index in [9.17, 15) is 9.50 Å². The van der Waals surface area contributed by atoms with Gasteiger partial charge < -0.3 is 14.6 Å². The maximum absolute atomic E-state index is 14.0. The predicted octanol–water partition coefficient (Wildman–Crippen LogP) is 4.15. The topological polar surface area (TPSA) is 38.7 Å². The van der Waals surface area contributed by atoms with E-state index in [1.165, 1.54) is 6.07 Å². The lowest BCUT2D eigenvalue weighted by molar-refractivity contribution is 0.0637. The van der Waals surface area contributed by atoms with Crippen LogP contribution in [0.3, 0.4) is 0 Å². The van der Waals surface area contributed by atoms with Gasteiger partial charge in [-0.1, -0.05) is 15.9 Å². The third-order valence-corrected chi connectivity index (χ3v) is 4.08. The standard InChI is InChI=1S/C16H14BrFO3/c1-20-10-3-5-15-12(7-10)14(19)8-16(21-15)11-6-9(17)2-4-13(11)18/h2-7,14,16,19H,8H2,1H3/t14-,16?/m1/s1. The molecule has 0 saturated heterocycles. The Morgan fingerprint density at radius 1 is 1.24 bits per heavy atom. The van der Waals surface area contributed by atoms with E-state index in [4.69, 9.17) is 9.47 Å². The molecule has 0 amide bonds. The normalized spacial score (nSPS) is 20.6. The molecule has 0 fully saturated rings. The van der Waals surface area contributed by atoms with Gasteiger partial charge in [-0.15, -0.1) is 0 Å². The fourth-order valence-electron chi connectivity index (χ4n) is 2.50. The van der Waals surface area contributed by atoms with Crippen LogP contribution in [0, 0.1) is 5.82 Å². The quantitative estimate of drug-likeness (QED) is 0.882. The number of methoxy groups -OCH3 is 1. The van der Waals surface area contributed by atoms with Gasteiger partial charge in [-0.05, 0) is 36.4 Å². The van der Waals surface area contributed by atoms with E-state index in [1.807, 2.05) is 0 Å². The Hall–Kier alpha value is -1.59. The van der Waals surface area contributed by atoms with Gasteiger partial charge in [0.2, 0.25) is 0 Å². The lowest BCUT2D eigenvalue weighted by atomic mass is 9.94. The van der Waals surface area contributed by atoms with Gasteiger partial charge in [0.15, 0.2) is 0 Å². The fraction of sp³-hybridized carbons (Fsp3) is 0.250. The monoisotopic (exact) mass is 352 g/mol. The van der Waals surface area contributed by atoms with Crippen LogP contribution < -0.4 is 9.47 Å². The zero-order valence-electron chi connectivity index (χ0n) is 11.3. The Morgan fingerprint density at radius 3 is 2.81 bits per heavy atom. The van der Waals surface area contributed by atoms with E-state index in [-0.39, 0.29) is 5.82 Å². The lowest BCUT2D eigenvalue weighted by Gasteiger charge is -2.30. The Labute approximate surface area is 130 Å². The molecule has 2 aromatic rings. The van der Waals surface area contributed by atoms with Crippen LogP contribution in [0.2, 0.25) is 0 Å². The van der Waals surface area contributed by atoms with Gasteiger partial charge in [0.25, 0.3) is 0 Å². The molecule has 110 valence electrons. The molecule has 1 unspecified atom stereocenters. The molecule has 1 heterocycles. The average Bonchev–Trinajstić information content (AvgIpc) is 2.49. The molecule has 0 saturated carbocycles. The summed E-state index contributed by atoms with van der Waals surface area (Å²) in [5, 5.41) is 10.3. The number of aliphatic hydroxyl groups is 1. The van der Waals surface area contributed by atoms with E-state index >= 15 is 0 Å². The molecule has 5 heteroatoms. The predicted molar refractivity (Wildman–Crippen MR) is 80.0 cm³/mol. The Balaban J connectivity index is 1.96. The Kier molecular flexibility index (Phi) is 3.87. The first-order chi connectivity index (χ1) is 10.1. The van der Waals surface area contributed by atoms with E-state index in [0.717, 1.165) is 4.47 Å². The molecule has 2 atom stereocenters. The van der Waals surface area contributed by atoms with Gasteiger partial charge in [-0.3, -0.25) is 0 Å². The molecule has 1 aliphatic rings. The summed E-state index contributed by atoms with van der Waals surface area (Å²) in [6.07, 6.45) is -0.932. The van der Waals surface area contributed by atoms with Gasteiger partial charge >= 0.3 is 0 Å². The first kappa shape index (κ1) is 14.4. The maximum atomic E-state index is 14.0. The van der Waals surface area contributed by atoms with Gasteiger partial charge in [0, 0.05) is 22.0 Å².